The lowest BCUT2D eigenvalue weighted by Crippen LogP contribution is -2.29. The summed E-state index contributed by atoms with van der Waals surface area (Å²) in [6, 6.07) is 14.5. The number of pyridine rings is 1. The first-order valence-corrected chi connectivity index (χ1v) is 12.8. The molecular weight excluding hydrogens is 573 g/mol. The largest absolute Gasteiger partial charge is 0.490 e. The molecule has 2 aromatic carbocycles. The second kappa shape index (κ2) is 12.1. The van der Waals surface area contributed by atoms with Crippen molar-refractivity contribution in [3.05, 3.63) is 75.8 Å². The average molecular weight is 593 g/mol. The van der Waals surface area contributed by atoms with E-state index in [1.165, 1.54) is 11.8 Å². The number of aliphatic carboxylic acids is 1. The molecule has 1 aromatic heterocycles. The third-order valence-electron chi connectivity index (χ3n) is 5.68. The van der Waals surface area contributed by atoms with Gasteiger partial charge in [-0.25, -0.2) is 9.79 Å². The molecule has 0 unspecified atom stereocenters. The second-order valence-electron chi connectivity index (χ2n) is 8.60. The molecule has 40 heavy (non-hydrogen) atoms. The summed E-state index contributed by atoms with van der Waals surface area (Å²) in [7, 11) is 0. The van der Waals surface area contributed by atoms with E-state index in [1.54, 1.807) is 35.4 Å². The minimum atomic E-state index is -5.08. The number of fused-ring (bicyclic) bond motifs is 1. The second-order valence-corrected chi connectivity index (χ2v) is 10.0. The number of nitrogens with one attached hydrogen (secondary N) is 1. The van der Waals surface area contributed by atoms with Crippen LogP contribution in [0.5, 0.6) is 0 Å². The first kappa shape index (κ1) is 29.1. The van der Waals surface area contributed by atoms with Gasteiger partial charge in [0.05, 0.1) is 27.2 Å². The maximum atomic E-state index is 12.7. The number of aliphatic hydroxyl groups is 1. The van der Waals surface area contributed by atoms with Crippen LogP contribution in [0.3, 0.4) is 0 Å². The highest BCUT2D eigenvalue weighted by molar-refractivity contribution is 8.18. The minimum absolute atomic E-state index is 0.181. The van der Waals surface area contributed by atoms with Gasteiger partial charge in [-0.1, -0.05) is 23.7 Å². The molecule has 2 amide bonds. The zero-order chi connectivity index (χ0) is 29.0. The lowest BCUT2D eigenvalue weighted by Gasteiger charge is -2.16. The average Bonchev–Trinajstić information content (AvgIpc) is 3.49. The van der Waals surface area contributed by atoms with E-state index in [2.05, 4.69) is 15.3 Å². The zero-order valence-corrected chi connectivity index (χ0v) is 21.9. The van der Waals surface area contributed by atoms with Crippen LogP contribution in [-0.2, 0) is 9.59 Å². The van der Waals surface area contributed by atoms with Gasteiger partial charge < -0.3 is 20.4 Å². The topological polar surface area (TPSA) is 132 Å². The molecule has 2 aliphatic heterocycles. The zero-order valence-electron chi connectivity index (χ0n) is 20.4. The van der Waals surface area contributed by atoms with Gasteiger partial charge in [0, 0.05) is 30.2 Å². The third-order valence-corrected chi connectivity index (χ3v) is 6.91. The summed E-state index contributed by atoms with van der Waals surface area (Å²) in [6.45, 7) is 0.827. The predicted molar refractivity (Wildman–Crippen MR) is 144 cm³/mol. The van der Waals surface area contributed by atoms with E-state index in [1.807, 2.05) is 30.3 Å². The van der Waals surface area contributed by atoms with Gasteiger partial charge in [-0.3, -0.25) is 14.6 Å². The van der Waals surface area contributed by atoms with E-state index >= 15 is 0 Å². The van der Waals surface area contributed by atoms with Crippen molar-refractivity contribution in [2.45, 2.75) is 18.7 Å². The molecule has 14 heteroatoms. The van der Waals surface area contributed by atoms with E-state index < -0.39 is 18.2 Å². The van der Waals surface area contributed by atoms with Crippen molar-refractivity contribution in [3.8, 4) is 0 Å². The highest BCUT2D eigenvalue weighted by Gasteiger charge is 2.38. The number of aromatic nitrogens is 1. The molecule has 2 fully saturated rings. The Bertz CT molecular complexity index is 1550. The molecular formula is C26H20ClF3N4O5S. The molecule has 0 saturated carbocycles. The van der Waals surface area contributed by atoms with Crippen molar-refractivity contribution >= 4 is 69.0 Å². The van der Waals surface area contributed by atoms with E-state index in [-0.39, 0.29) is 11.8 Å². The summed E-state index contributed by atoms with van der Waals surface area (Å²) >= 11 is 7.52. The number of aliphatic imine (C=N–C) groups is 1. The number of likely N-dealkylation sites (tertiary alicyclic amines) is 1. The van der Waals surface area contributed by atoms with Crippen LogP contribution in [0.4, 0.5) is 18.9 Å². The Balaban J connectivity index is 0.000000470. The van der Waals surface area contributed by atoms with Crippen LogP contribution in [0.2, 0.25) is 5.02 Å². The Hall–Kier alpha value is -3.94. The maximum absolute atomic E-state index is 12.7. The van der Waals surface area contributed by atoms with Gasteiger partial charge in [0.25, 0.3) is 11.8 Å². The molecule has 0 spiro atoms. The van der Waals surface area contributed by atoms with Crippen LogP contribution in [0.25, 0.3) is 17.0 Å². The number of carboxylic acids is 1. The van der Waals surface area contributed by atoms with E-state index in [4.69, 9.17) is 21.5 Å². The van der Waals surface area contributed by atoms with Crippen LogP contribution < -0.4 is 5.32 Å². The first-order chi connectivity index (χ1) is 18.9. The Kier molecular flexibility index (Phi) is 8.76. The van der Waals surface area contributed by atoms with Gasteiger partial charge >= 0.3 is 12.1 Å². The molecule has 208 valence electrons. The van der Waals surface area contributed by atoms with Crippen molar-refractivity contribution in [2.24, 2.45) is 4.99 Å². The number of amides is 2. The molecule has 0 aliphatic carbocycles. The van der Waals surface area contributed by atoms with Gasteiger partial charge in [-0.05, 0) is 66.2 Å². The number of nitrogens with zero attached hydrogens (tertiary/aromatic N) is 3. The molecule has 1 atom stereocenters. The number of carbonyl (C=O) groups excluding carboxylic acids is 2. The highest BCUT2D eigenvalue weighted by atomic mass is 35.5. The first-order valence-electron chi connectivity index (χ1n) is 11.6. The molecule has 3 aromatic rings. The van der Waals surface area contributed by atoms with Crippen LogP contribution >= 0.6 is 23.4 Å². The monoisotopic (exact) mass is 592 g/mol. The van der Waals surface area contributed by atoms with Crippen LogP contribution in [0.1, 0.15) is 22.3 Å². The Morgan fingerprint density at radius 2 is 1.95 bits per heavy atom. The van der Waals surface area contributed by atoms with E-state index in [0.29, 0.717) is 45.9 Å². The van der Waals surface area contributed by atoms with Gasteiger partial charge in [0.1, 0.15) is 0 Å². The van der Waals surface area contributed by atoms with Gasteiger partial charge in [-0.2, -0.15) is 13.2 Å². The number of carbonyl (C=O) groups is 3. The van der Waals surface area contributed by atoms with Crippen molar-refractivity contribution in [2.75, 3.05) is 13.1 Å². The standard InChI is InChI=1S/C24H19ClN4O3S.C2HF3O2/c25-18-5-4-16(23(32)29-9-7-17(30)13-29)12-20(18)27-24-28-22(31)21(33-24)11-14-3-6-19-15(10-14)2-1-8-26-19;3-2(4,5)1(6)7/h1-6,8,10-12,17,30H,7,9,13H2,(H,27,28,31);(H,6,7)/t17-;/m0./s1. The number of β-amino-alcohol motifs (C(OH)–C–C–N with tert-alkyl or cyclic N) is 1. The summed E-state index contributed by atoms with van der Waals surface area (Å²) in [5.41, 5.74) is 2.59. The normalized spacial score (nSPS) is 19.1. The molecule has 0 radical (unpaired) electrons. The fourth-order valence-corrected chi connectivity index (χ4v) is 4.76. The smallest absolute Gasteiger partial charge is 0.475 e. The predicted octanol–water partition coefficient (Wildman–Crippen LogP) is 4.62. The fraction of sp³-hybridized carbons (Fsp3) is 0.192. The maximum Gasteiger partial charge on any atom is 0.490 e. The Morgan fingerprint density at radius 3 is 2.62 bits per heavy atom. The number of thioether (sulfide) groups is 1. The lowest BCUT2D eigenvalue weighted by atomic mass is 10.1. The molecule has 3 heterocycles. The number of hydrogen-bond acceptors (Lipinski definition) is 7. The number of benzene rings is 2. The summed E-state index contributed by atoms with van der Waals surface area (Å²) in [4.78, 5) is 45.0. The van der Waals surface area contributed by atoms with Crippen LogP contribution in [0, 0.1) is 0 Å². The molecule has 3 N–H and O–H groups in total. The lowest BCUT2D eigenvalue weighted by molar-refractivity contribution is -0.192. The molecule has 0 bridgehead atoms. The van der Waals surface area contributed by atoms with Crippen molar-refractivity contribution in [3.63, 3.8) is 0 Å². The molecule has 2 aliphatic rings. The Labute approximate surface area is 234 Å². The number of hydrogen-bond donors (Lipinski definition) is 3. The fourth-order valence-electron chi connectivity index (χ4n) is 3.77. The Morgan fingerprint density at radius 1 is 1.20 bits per heavy atom. The SMILES string of the molecule is O=C(O)C(F)(F)F.O=C1NC(=Nc2cc(C(=O)N3CC[C@H](O)C3)ccc2Cl)SC1=Cc1ccc2ncccc2c1. The molecule has 9 nitrogen and oxygen atoms in total. The summed E-state index contributed by atoms with van der Waals surface area (Å²) in [5.74, 6) is -3.19. The van der Waals surface area contributed by atoms with Gasteiger partial charge in [-0.15, -0.1) is 0 Å². The number of halogens is 4. The summed E-state index contributed by atoms with van der Waals surface area (Å²) in [5, 5.41) is 21.3. The minimum Gasteiger partial charge on any atom is -0.475 e. The number of rotatable bonds is 3. The van der Waals surface area contributed by atoms with Crippen LogP contribution in [-0.4, -0.2) is 68.4 Å². The highest BCUT2D eigenvalue weighted by Crippen LogP contribution is 2.32. The number of alkyl halides is 3. The van der Waals surface area contributed by atoms with Gasteiger partial charge in [0.15, 0.2) is 5.17 Å². The summed E-state index contributed by atoms with van der Waals surface area (Å²) in [6.07, 6.45) is -1.46. The number of amidine groups is 1. The molecule has 2 saturated heterocycles. The summed E-state index contributed by atoms with van der Waals surface area (Å²) < 4.78 is 31.7. The van der Waals surface area contributed by atoms with Crippen LogP contribution in [0.15, 0.2) is 64.6 Å². The van der Waals surface area contributed by atoms with E-state index in [0.717, 1.165) is 16.5 Å². The third kappa shape index (κ3) is 7.17. The quantitative estimate of drug-likeness (QED) is 0.378. The number of aliphatic hydroxyl groups excluding tert-OH is 1. The van der Waals surface area contributed by atoms with Crippen molar-refractivity contribution < 1.29 is 37.8 Å². The molecule has 5 rings (SSSR count). The van der Waals surface area contributed by atoms with Gasteiger partial charge in [0.2, 0.25) is 0 Å². The van der Waals surface area contributed by atoms with Crippen molar-refractivity contribution in [1.29, 1.82) is 0 Å². The number of carboxylic acid groups (broad SMARTS) is 1. The van der Waals surface area contributed by atoms with Crippen molar-refractivity contribution in [1.82, 2.24) is 15.2 Å². The van der Waals surface area contributed by atoms with E-state index in [9.17, 15) is 27.9 Å².